The summed E-state index contributed by atoms with van der Waals surface area (Å²) in [5.74, 6) is -1.29. The van der Waals surface area contributed by atoms with Gasteiger partial charge in [0.25, 0.3) is 0 Å². The van der Waals surface area contributed by atoms with Gasteiger partial charge in [0.05, 0.1) is 29.7 Å². The Bertz CT molecular complexity index is 521. The fourth-order valence-electron chi connectivity index (χ4n) is 1.87. The highest BCUT2D eigenvalue weighted by Gasteiger charge is 2.31. The maximum Gasteiger partial charge on any atom is 0.250 e. The third kappa shape index (κ3) is 3.04. The van der Waals surface area contributed by atoms with Crippen LogP contribution in [-0.2, 0) is 9.53 Å². The molecule has 0 aliphatic carbocycles. The van der Waals surface area contributed by atoms with Crippen LogP contribution in [0.1, 0.15) is 10.4 Å². The number of ether oxygens (including phenoxy) is 1. The van der Waals surface area contributed by atoms with Crippen molar-refractivity contribution in [3.8, 4) is 0 Å². The minimum Gasteiger partial charge on any atom is -0.379 e. The average molecular weight is 284 g/mol. The molecule has 102 valence electrons. The molecule has 1 aromatic rings. The summed E-state index contributed by atoms with van der Waals surface area (Å²) >= 11 is 5.82. The summed E-state index contributed by atoms with van der Waals surface area (Å²) in [7, 11) is 0. The molecule has 0 radical (unpaired) electrons. The molecule has 5 N–H and O–H groups in total. The maximum absolute atomic E-state index is 12.0. The summed E-state index contributed by atoms with van der Waals surface area (Å²) in [6.07, 6.45) is 0. The molecule has 2 unspecified atom stereocenters. The number of benzene rings is 1. The van der Waals surface area contributed by atoms with Gasteiger partial charge in [0, 0.05) is 11.7 Å². The Labute approximate surface area is 115 Å². The number of primary amides is 1. The molecule has 0 spiro atoms. The largest absolute Gasteiger partial charge is 0.379 e. The van der Waals surface area contributed by atoms with E-state index in [1.54, 1.807) is 6.07 Å². The van der Waals surface area contributed by atoms with Gasteiger partial charge in [-0.25, -0.2) is 0 Å². The first-order chi connectivity index (χ1) is 8.99. The second kappa shape index (κ2) is 5.56. The number of carbonyl (C=O) groups excluding carboxylic acids is 2. The van der Waals surface area contributed by atoms with Crippen molar-refractivity contribution < 1.29 is 14.3 Å². The van der Waals surface area contributed by atoms with E-state index in [-0.39, 0.29) is 22.5 Å². The van der Waals surface area contributed by atoms with E-state index in [2.05, 4.69) is 5.32 Å². The van der Waals surface area contributed by atoms with Crippen LogP contribution in [0.5, 0.6) is 0 Å². The van der Waals surface area contributed by atoms with Gasteiger partial charge in [-0.05, 0) is 18.2 Å². The summed E-state index contributed by atoms with van der Waals surface area (Å²) in [5.41, 5.74) is 11.5. The Balaban J connectivity index is 2.13. The third-order valence-electron chi connectivity index (χ3n) is 2.96. The third-order valence-corrected chi connectivity index (χ3v) is 3.29. The number of nitrogens with two attached hydrogens (primary N) is 2. The van der Waals surface area contributed by atoms with E-state index < -0.39 is 11.8 Å². The lowest BCUT2D eigenvalue weighted by molar-refractivity contribution is -0.120. The molecular formula is C12H14ClN3O3. The first-order valence-electron chi connectivity index (χ1n) is 5.72. The molecule has 1 saturated heterocycles. The first kappa shape index (κ1) is 13.8. The highest BCUT2D eigenvalue weighted by atomic mass is 35.5. The summed E-state index contributed by atoms with van der Waals surface area (Å²) in [6, 6.07) is 4.21. The van der Waals surface area contributed by atoms with Gasteiger partial charge in [0.2, 0.25) is 11.8 Å². The molecule has 1 aromatic carbocycles. The van der Waals surface area contributed by atoms with E-state index in [9.17, 15) is 9.59 Å². The Hall–Kier alpha value is -1.63. The van der Waals surface area contributed by atoms with Crippen molar-refractivity contribution in [3.05, 3.63) is 28.8 Å². The van der Waals surface area contributed by atoms with E-state index in [4.69, 9.17) is 27.8 Å². The number of carbonyl (C=O) groups is 2. The van der Waals surface area contributed by atoms with Crippen molar-refractivity contribution in [3.63, 3.8) is 0 Å². The number of anilines is 1. The van der Waals surface area contributed by atoms with Crippen molar-refractivity contribution in [1.82, 2.24) is 0 Å². The molecule has 1 heterocycles. The van der Waals surface area contributed by atoms with Crippen molar-refractivity contribution >= 4 is 29.1 Å². The predicted octanol–water partition coefficient (Wildman–Crippen LogP) is 0.351. The number of amides is 2. The highest BCUT2D eigenvalue weighted by Crippen LogP contribution is 2.21. The van der Waals surface area contributed by atoms with Gasteiger partial charge in [-0.1, -0.05) is 11.6 Å². The van der Waals surface area contributed by atoms with Crippen LogP contribution in [0.2, 0.25) is 5.02 Å². The smallest absolute Gasteiger partial charge is 0.250 e. The van der Waals surface area contributed by atoms with Gasteiger partial charge in [-0.15, -0.1) is 0 Å². The van der Waals surface area contributed by atoms with Crippen molar-refractivity contribution in [2.45, 2.75) is 6.04 Å². The zero-order chi connectivity index (χ0) is 14.0. The van der Waals surface area contributed by atoms with Crippen molar-refractivity contribution in [2.75, 3.05) is 18.5 Å². The normalized spacial score (nSPS) is 22.2. The number of rotatable bonds is 3. The van der Waals surface area contributed by atoms with Crippen LogP contribution in [0.15, 0.2) is 18.2 Å². The maximum atomic E-state index is 12.0. The topological polar surface area (TPSA) is 107 Å². The molecule has 2 atom stereocenters. The van der Waals surface area contributed by atoms with E-state index in [0.29, 0.717) is 18.9 Å². The molecule has 7 heteroatoms. The minimum absolute atomic E-state index is 0.159. The van der Waals surface area contributed by atoms with Crippen LogP contribution in [0.4, 0.5) is 5.69 Å². The molecule has 2 amide bonds. The van der Waals surface area contributed by atoms with Crippen LogP contribution in [-0.4, -0.2) is 31.1 Å². The second-order valence-electron chi connectivity index (χ2n) is 4.36. The highest BCUT2D eigenvalue weighted by molar-refractivity contribution is 6.34. The lowest BCUT2D eigenvalue weighted by Crippen LogP contribution is -2.37. The van der Waals surface area contributed by atoms with Crippen LogP contribution in [0, 0.1) is 5.92 Å². The van der Waals surface area contributed by atoms with Gasteiger partial charge in [-0.3, -0.25) is 9.59 Å². The van der Waals surface area contributed by atoms with Gasteiger partial charge in [0.1, 0.15) is 0 Å². The fourth-order valence-corrected chi connectivity index (χ4v) is 2.08. The molecule has 2 rings (SSSR count). The van der Waals surface area contributed by atoms with Gasteiger partial charge in [-0.2, -0.15) is 0 Å². The lowest BCUT2D eigenvalue weighted by atomic mass is 10.0. The van der Waals surface area contributed by atoms with E-state index in [1.165, 1.54) is 12.1 Å². The van der Waals surface area contributed by atoms with E-state index in [0.717, 1.165) is 0 Å². The molecule has 0 saturated carbocycles. The minimum atomic E-state index is -0.651. The van der Waals surface area contributed by atoms with Gasteiger partial charge >= 0.3 is 0 Å². The molecule has 6 nitrogen and oxygen atoms in total. The Morgan fingerprint density at radius 2 is 2.11 bits per heavy atom. The molecule has 1 fully saturated rings. The van der Waals surface area contributed by atoms with Crippen LogP contribution < -0.4 is 16.8 Å². The van der Waals surface area contributed by atoms with Crippen LogP contribution in [0.25, 0.3) is 0 Å². The quantitative estimate of drug-likeness (QED) is 0.744. The number of halogens is 1. The number of nitrogens with one attached hydrogen (secondary N) is 1. The average Bonchev–Trinajstić information content (AvgIpc) is 2.77. The molecule has 1 aliphatic rings. The SMILES string of the molecule is NC(=O)c1cc(NC(=O)C2COCC2N)ccc1Cl. The first-order valence-corrected chi connectivity index (χ1v) is 6.10. The lowest BCUT2D eigenvalue weighted by Gasteiger charge is -2.14. The van der Waals surface area contributed by atoms with E-state index in [1.807, 2.05) is 0 Å². The molecule has 19 heavy (non-hydrogen) atoms. The number of hydrogen-bond donors (Lipinski definition) is 3. The van der Waals surface area contributed by atoms with Crippen molar-refractivity contribution in [2.24, 2.45) is 17.4 Å². The zero-order valence-electron chi connectivity index (χ0n) is 10.1. The summed E-state index contributed by atoms with van der Waals surface area (Å²) in [6.45, 7) is 0.661. The fraction of sp³-hybridized carbons (Fsp3) is 0.333. The molecule has 0 bridgehead atoms. The molecule has 1 aliphatic heterocycles. The Morgan fingerprint density at radius 1 is 1.37 bits per heavy atom. The predicted molar refractivity (Wildman–Crippen MR) is 70.9 cm³/mol. The van der Waals surface area contributed by atoms with Crippen LogP contribution >= 0.6 is 11.6 Å². The van der Waals surface area contributed by atoms with Gasteiger partial charge < -0.3 is 21.5 Å². The molecule has 0 aromatic heterocycles. The number of hydrogen-bond acceptors (Lipinski definition) is 4. The Morgan fingerprint density at radius 3 is 2.68 bits per heavy atom. The summed E-state index contributed by atoms with van der Waals surface area (Å²) in [4.78, 5) is 23.1. The standard InChI is InChI=1S/C12H14ClN3O3/c13-9-2-1-6(3-7(9)11(15)17)16-12(18)8-4-19-5-10(8)14/h1-3,8,10H,4-5,14H2,(H2,15,17)(H,16,18). The molecular weight excluding hydrogens is 270 g/mol. The monoisotopic (exact) mass is 283 g/mol. The van der Waals surface area contributed by atoms with Crippen LogP contribution in [0.3, 0.4) is 0 Å². The summed E-state index contributed by atoms with van der Waals surface area (Å²) in [5, 5.41) is 2.91. The summed E-state index contributed by atoms with van der Waals surface area (Å²) < 4.78 is 5.13. The second-order valence-corrected chi connectivity index (χ2v) is 4.76. The van der Waals surface area contributed by atoms with E-state index >= 15 is 0 Å². The van der Waals surface area contributed by atoms with Crippen molar-refractivity contribution in [1.29, 1.82) is 0 Å². The Kier molecular flexibility index (Phi) is 4.04. The van der Waals surface area contributed by atoms with Gasteiger partial charge in [0.15, 0.2) is 0 Å². The zero-order valence-corrected chi connectivity index (χ0v) is 10.8.